The van der Waals surface area contributed by atoms with Crippen LogP contribution in [0, 0.1) is 0 Å². The molecule has 1 rings (SSSR count). The summed E-state index contributed by atoms with van der Waals surface area (Å²) < 4.78 is 45.8. The first-order chi connectivity index (χ1) is 12.3. The lowest BCUT2D eigenvalue weighted by Gasteiger charge is -2.24. The molecule has 8 nitrogen and oxygen atoms in total. The SMILES string of the molecule is CCOP(=O)(OCC)C(O)c1ccc(C(O)P(=O)(OCC)OCC)cc1. The first-order valence-electron chi connectivity index (χ1n) is 8.51. The second-order valence-electron chi connectivity index (χ2n) is 5.16. The average Bonchev–Trinajstić information content (AvgIpc) is 2.61. The topological polar surface area (TPSA) is 112 Å². The zero-order valence-corrected chi connectivity index (χ0v) is 17.3. The van der Waals surface area contributed by atoms with E-state index in [1.54, 1.807) is 27.7 Å². The van der Waals surface area contributed by atoms with Crippen molar-refractivity contribution in [3.05, 3.63) is 35.4 Å². The van der Waals surface area contributed by atoms with Gasteiger partial charge in [0.05, 0.1) is 26.4 Å². The third kappa shape index (κ3) is 5.72. The molecule has 1 aromatic rings. The van der Waals surface area contributed by atoms with Crippen molar-refractivity contribution < 1.29 is 37.4 Å². The van der Waals surface area contributed by atoms with Gasteiger partial charge in [0.2, 0.25) is 0 Å². The van der Waals surface area contributed by atoms with E-state index in [9.17, 15) is 19.3 Å². The summed E-state index contributed by atoms with van der Waals surface area (Å²) in [5.41, 5.74) is 0.572. The van der Waals surface area contributed by atoms with Gasteiger partial charge in [-0.25, -0.2) is 0 Å². The normalized spacial score (nSPS) is 15.0. The minimum Gasteiger partial charge on any atom is -0.376 e. The molecular weight excluding hydrogens is 382 g/mol. The third-order valence-electron chi connectivity index (χ3n) is 3.37. The summed E-state index contributed by atoms with van der Waals surface area (Å²) in [4.78, 5) is 0. The smallest absolute Gasteiger partial charge is 0.363 e. The summed E-state index contributed by atoms with van der Waals surface area (Å²) in [6, 6.07) is 5.82. The van der Waals surface area contributed by atoms with Gasteiger partial charge < -0.3 is 28.3 Å². The number of aliphatic hydroxyl groups excluding tert-OH is 2. The van der Waals surface area contributed by atoms with Crippen LogP contribution in [-0.2, 0) is 27.2 Å². The minimum absolute atomic E-state index is 0.122. The molecule has 0 amide bonds. The minimum atomic E-state index is -3.74. The lowest BCUT2D eigenvalue weighted by Crippen LogP contribution is -2.08. The summed E-state index contributed by atoms with van der Waals surface area (Å²) in [6.45, 7) is 7.09. The molecule has 0 aliphatic rings. The predicted molar refractivity (Wildman–Crippen MR) is 98.1 cm³/mol. The van der Waals surface area contributed by atoms with Crippen molar-refractivity contribution in [1.29, 1.82) is 0 Å². The van der Waals surface area contributed by atoms with Gasteiger partial charge in [0.1, 0.15) is 0 Å². The zero-order chi connectivity index (χ0) is 19.8. The Kier molecular flexibility index (Phi) is 9.65. The number of hydrogen-bond acceptors (Lipinski definition) is 8. The van der Waals surface area contributed by atoms with Crippen molar-refractivity contribution in [2.24, 2.45) is 0 Å². The van der Waals surface area contributed by atoms with Crippen molar-refractivity contribution in [2.45, 2.75) is 39.4 Å². The molecule has 0 saturated carbocycles. The number of rotatable bonds is 12. The Morgan fingerprint density at radius 2 is 0.923 bits per heavy atom. The molecule has 2 unspecified atom stereocenters. The van der Waals surface area contributed by atoms with Crippen LogP contribution in [0.3, 0.4) is 0 Å². The van der Waals surface area contributed by atoms with Gasteiger partial charge in [-0.15, -0.1) is 0 Å². The molecule has 0 heterocycles. The maximum atomic E-state index is 12.6. The van der Waals surface area contributed by atoms with Crippen LogP contribution in [0.15, 0.2) is 24.3 Å². The van der Waals surface area contributed by atoms with Crippen LogP contribution in [0.2, 0.25) is 0 Å². The summed E-state index contributed by atoms with van der Waals surface area (Å²) in [5, 5.41) is 20.8. The van der Waals surface area contributed by atoms with E-state index in [2.05, 4.69) is 0 Å². The van der Waals surface area contributed by atoms with Gasteiger partial charge in [-0.05, 0) is 38.8 Å². The number of benzene rings is 1. The van der Waals surface area contributed by atoms with Crippen LogP contribution in [0.25, 0.3) is 0 Å². The van der Waals surface area contributed by atoms with Crippen LogP contribution in [0.1, 0.15) is 50.5 Å². The van der Waals surface area contributed by atoms with Gasteiger partial charge in [0.25, 0.3) is 0 Å². The Hall–Kier alpha value is -0.560. The van der Waals surface area contributed by atoms with Crippen molar-refractivity contribution in [3.8, 4) is 0 Å². The third-order valence-corrected chi connectivity index (χ3v) is 7.63. The van der Waals surface area contributed by atoms with Gasteiger partial charge in [-0.3, -0.25) is 9.13 Å². The molecule has 0 bridgehead atoms. The maximum absolute atomic E-state index is 12.6. The number of hydrogen-bond donors (Lipinski definition) is 2. The van der Waals surface area contributed by atoms with Crippen LogP contribution in [0.4, 0.5) is 0 Å². The van der Waals surface area contributed by atoms with Gasteiger partial charge in [0.15, 0.2) is 11.7 Å². The molecule has 0 aromatic heterocycles. The first-order valence-corrected chi connectivity index (χ1v) is 11.7. The quantitative estimate of drug-likeness (QED) is 0.493. The van der Waals surface area contributed by atoms with E-state index in [4.69, 9.17) is 18.1 Å². The monoisotopic (exact) mass is 410 g/mol. The van der Waals surface area contributed by atoms with E-state index in [-0.39, 0.29) is 37.6 Å². The highest BCUT2D eigenvalue weighted by Crippen LogP contribution is 2.61. The molecular formula is C16H28O8P2. The highest BCUT2D eigenvalue weighted by Gasteiger charge is 2.37. The standard InChI is InChI=1S/C16H28O8P2/c1-5-21-25(19,22-6-2)15(17)13-9-11-14(12-10-13)16(18)26(20,23-7-3)24-8-4/h9-12,15-18H,5-8H2,1-4H3. The van der Waals surface area contributed by atoms with Gasteiger partial charge >= 0.3 is 15.2 Å². The molecule has 0 aliphatic carbocycles. The second kappa shape index (κ2) is 10.7. The van der Waals surface area contributed by atoms with Gasteiger partial charge in [-0.2, -0.15) is 0 Å². The Morgan fingerprint density at radius 1 is 0.692 bits per heavy atom. The number of aliphatic hydroxyl groups is 2. The van der Waals surface area contributed by atoms with Gasteiger partial charge in [0, 0.05) is 0 Å². The highest BCUT2D eigenvalue weighted by molar-refractivity contribution is 7.54. The van der Waals surface area contributed by atoms with Crippen molar-refractivity contribution in [2.75, 3.05) is 26.4 Å². The van der Waals surface area contributed by atoms with E-state index in [0.717, 1.165) is 0 Å². The fourth-order valence-electron chi connectivity index (χ4n) is 2.28. The summed E-state index contributed by atoms with van der Waals surface area (Å²) in [7, 11) is -7.47. The lowest BCUT2D eigenvalue weighted by molar-refractivity contribution is 0.148. The van der Waals surface area contributed by atoms with Crippen LogP contribution in [-0.4, -0.2) is 36.6 Å². The van der Waals surface area contributed by atoms with Crippen LogP contribution < -0.4 is 0 Å². The molecule has 0 radical (unpaired) electrons. The van der Waals surface area contributed by atoms with E-state index >= 15 is 0 Å². The average molecular weight is 410 g/mol. The van der Waals surface area contributed by atoms with E-state index in [0.29, 0.717) is 0 Å². The Labute approximate surface area is 154 Å². The maximum Gasteiger partial charge on any atom is 0.363 e. The fourth-order valence-corrected chi connectivity index (χ4v) is 5.51. The molecule has 0 aliphatic heterocycles. The molecule has 0 fully saturated rings. The van der Waals surface area contributed by atoms with Crippen molar-refractivity contribution in [1.82, 2.24) is 0 Å². The van der Waals surface area contributed by atoms with Crippen molar-refractivity contribution in [3.63, 3.8) is 0 Å². The highest BCUT2D eigenvalue weighted by atomic mass is 31.2. The van der Waals surface area contributed by atoms with Crippen LogP contribution in [0.5, 0.6) is 0 Å². The lowest BCUT2D eigenvalue weighted by atomic mass is 10.1. The summed E-state index contributed by atoms with van der Waals surface area (Å²) in [5.74, 6) is -2.95. The molecule has 150 valence electrons. The molecule has 26 heavy (non-hydrogen) atoms. The predicted octanol–water partition coefficient (Wildman–Crippen LogP) is 4.20. The van der Waals surface area contributed by atoms with E-state index < -0.39 is 26.9 Å². The van der Waals surface area contributed by atoms with Gasteiger partial charge in [-0.1, -0.05) is 24.3 Å². The Balaban J connectivity index is 3.06. The molecule has 1 aromatic carbocycles. The molecule has 10 heteroatoms. The molecule has 0 spiro atoms. The fraction of sp³-hybridized carbons (Fsp3) is 0.625. The summed E-state index contributed by atoms with van der Waals surface area (Å²) in [6.07, 6.45) is 0. The second-order valence-corrected chi connectivity index (χ2v) is 9.34. The largest absolute Gasteiger partial charge is 0.376 e. The molecule has 2 N–H and O–H groups in total. The summed E-state index contributed by atoms with van der Waals surface area (Å²) >= 11 is 0. The Morgan fingerprint density at radius 3 is 1.12 bits per heavy atom. The zero-order valence-electron chi connectivity index (χ0n) is 15.5. The van der Waals surface area contributed by atoms with Crippen molar-refractivity contribution >= 4 is 15.2 Å². The Bertz CT molecular complexity index is 559. The first kappa shape index (κ1) is 23.5. The molecule has 0 saturated heterocycles. The van der Waals surface area contributed by atoms with E-state index in [1.165, 1.54) is 24.3 Å². The van der Waals surface area contributed by atoms with E-state index in [1.807, 2.05) is 0 Å². The van der Waals surface area contributed by atoms with Crippen LogP contribution >= 0.6 is 15.2 Å². The molecule has 2 atom stereocenters.